The van der Waals surface area contributed by atoms with E-state index >= 15 is 0 Å². The monoisotopic (exact) mass is 219 g/mol. The number of nitrogens with zero attached hydrogens (tertiary/aromatic N) is 1. The maximum absolute atomic E-state index is 11.2. The van der Waals surface area contributed by atoms with Crippen molar-refractivity contribution < 1.29 is 18.0 Å². The second-order valence-electron chi connectivity index (χ2n) is 3.68. The van der Waals surface area contributed by atoms with E-state index in [2.05, 4.69) is 0 Å². The molecule has 80 valence electrons. The molecule has 1 rings (SSSR count). The molecule has 1 fully saturated rings. The minimum absolute atomic E-state index is 0.0511. The molecule has 0 bridgehead atoms. The molecule has 0 N–H and O–H groups in total. The van der Waals surface area contributed by atoms with Crippen LogP contribution in [0.5, 0.6) is 0 Å². The fourth-order valence-corrected chi connectivity index (χ4v) is 2.59. The molecule has 1 aliphatic heterocycles. The highest BCUT2D eigenvalue weighted by atomic mass is 32.2. The number of amides is 1. The number of sulfone groups is 1. The van der Waals surface area contributed by atoms with E-state index in [4.69, 9.17) is 0 Å². The Hall–Kier alpha value is -0.910. The van der Waals surface area contributed by atoms with Gasteiger partial charge in [-0.25, -0.2) is 8.42 Å². The van der Waals surface area contributed by atoms with Crippen molar-refractivity contribution in [3.8, 4) is 0 Å². The Morgan fingerprint density at radius 1 is 1.43 bits per heavy atom. The van der Waals surface area contributed by atoms with Crippen LogP contribution in [-0.4, -0.2) is 49.6 Å². The van der Waals surface area contributed by atoms with Crippen molar-refractivity contribution >= 4 is 21.5 Å². The minimum Gasteiger partial charge on any atom is -0.331 e. The minimum atomic E-state index is -3.11. The zero-order chi connectivity index (χ0) is 10.9. The maximum atomic E-state index is 11.2. The molecule has 0 aromatic carbocycles. The summed E-state index contributed by atoms with van der Waals surface area (Å²) in [4.78, 5) is 23.5. The lowest BCUT2D eigenvalue weighted by molar-refractivity contribution is -0.129. The number of carbonyl (C=O) groups is 2. The van der Waals surface area contributed by atoms with E-state index in [0.717, 1.165) is 6.26 Å². The Kier molecular flexibility index (Phi) is 2.94. The summed E-state index contributed by atoms with van der Waals surface area (Å²) in [6.07, 6.45) is 1.03. The molecule has 0 saturated carbocycles. The number of ketones is 1. The fraction of sp³-hybridized carbons (Fsp3) is 0.750. The second kappa shape index (κ2) is 3.68. The van der Waals surface area contributed by atoms with Gasteiger partial charge < -0.3 is 4.90 Å². The number of rotatable bonds is 3. The molecule has 14 heavy (non-hydrogen) atoms. The van der Waals surface area contributed by atoms with Crippen molar-refractivity contribution in [1.82, 2.24) is 4.90 Å². The van der Waals surface area contributed by atoms with Gasteiger partial charge in [-0.2, -0.15) is 0 Å². The van der Waals surface area contributed by atoms with E-state index in [-0.39, 0.29) is 30.4 Å². The molecule has 0 radical (unpaired) electrons. The van der Waals surface area contributed by atoms with Crippen LogP contribution in [0, 0.1) is 0 Å². The lowest BCUT2D eigenvalue weighted by Gasteiger charge is -2.22. The van der Waals surface area contributed by atoms with Crippen molar-refractivity contribution in [2.45, 2.75) is 19.4 Å². The first-order chi connectivity index (χ1) is 6.29. The van der Waals surface area contributed by atoms with Crippen LogP contribution in [0.15, 0.2) is 0 Å². The first-order valence-electron chi connectivity index (χ1n) is 4.28. The van der Waals surface area contributed by atoms with E-state index in [1.54, 1.807) is 6.92 Å². The highest BCUT2D eigenvalue weighted by molar-refractivity contribution is 7.90. The van der Waals surface area contributed by atoms with Gasteiger partial charge in [-0.1, -0.05) is 0 Å². The molecule has 1 atom stereocenters. The summed E-state index contributed by atoms with van der Waals surface area (Å²) in [7, 11) is -3.11. The van der Waals surface area contributed by atoms with E-state index in [0.29, 0.717) is 0 Å². The van der Waals surface area contributed by atoms with Crippen molar-refractivity contribution in [2.75, 3.05) is 18.6 Å². The van der Waals surface area contributed by atoms with Crippen molar-refractivity contribution in [1.29, 1.82) is 0 Å². The molecular formula is C8H13NO4S. The molecule has 0 spiro atoms. The molecule has 5 nitrogen and oxygen atoms in total. The van der Waals surface area contributed by atoms with Crippen molar-refractivity contribution in [3.63, 3.8) is 0 Å². The van der Waals surface area contributed by atoms with Gasteiger partial charge in [0.15, 0.2) is 5.78 Å². The zero-order valence-electron chi connectivity index (χ0n) is 8.19. The summed E-state index contributed by atoms with van der Waals surface area (Å²) >= 11 is 0. The van der Waals surface area contributed by atoms with E-state index < -0.39 is 15.9 Å². The third kappa shape index (κ3) is 2.80. The Morgan fingerprint density at radius 2 is 2.00 bits per heavy atom. The van der Waals surface area contributed by atoms with Gasteiger partial charge in [-0.3, -0.25) is 9.59 Å². The normalized spacial score (nSPS) is 20.3. The van der Waals surface area contributed by atoms with Crippen LogP contribution in [0.1, 0.15) is 13.3 Å². The molecule has 1 heterocycles. The van der Waals surface area contributed by atoms with Crippen LogP contribution < -0.4 is 0 Å². The third-order valence-corrected chi connectivity index (χ3v) is 3.18. The van der Waals surface area contributed by atoms with Gasteiger partial charge in [0.25, 0.3) is 0 Å². The molecule has 6 heteroatoms. The molecule has 0 aromatic heterocycles. The van der Waals surface area contributed by atoms with Crippen LogP contribution >= 0.6 is 0 Å². The first kappa shape index (κ1) is 11.2. The van der Waals surface area contributed by atoms with E-state index in [1.807, 2.05) is 0 Å². The van der Waals surface area contributed by atoms with Crippen LogP contribution in [0.3, 0.4) is 0 Å². The molecule has 0 aromatic rings. The second-order valence-corrected chi connectivity index (χ2v) is 5.86. The Balaban J connectivity index is 2.66. The SMILES string of the molecule is CC(CS(C)(=O)=O)N1CC(=O)CC1=O. The summed E-state index contributed by atoms with van der Waals surface area (Å²) in [6, 6.07) is -0.413. The van der Waals surface area contributed by atoms with Gasteiger partial charge >= 0.3 is 0 Å². The lowest BCUT2D eigenvalue weighted by Crippen LogP contribution is -2.39. The van der Waals surface area contributed by atoms with Gasteiger partial charge in [0.2, 0.25) is 5.91 Å². The molecule has 1 unspecified atom stereocenters. The van der Waals surface area contributed by atoms with Gasteiger partial charge in [0.05, 0.1) is 18.7 Å². The Bertz CT molecular complexity index is 360. The van der Waals surface area contributed by atoms with Gasteiger partial charge in [-0.15, -0.1) is 0 Å². The van der Waals surface area contributed by atoms with E-state index in [9.17, 15) is 18.0 Å². The highest BCUT2D eigenvalue weighted by Gasteiger charge is 2.32. The highest BCUT2D eigenvalue weighted by Crippen LogP contribution is 2.11. The smallest absolute Gasteiger partial charge is 0.230 e. The lowest BCUT2D eigenvalue weighted by atomic mass is 10.3. The van der Waals surface area contributed by atoms with Gasteiger partial charge in [-0.05, 0) is 6.92 Å². The Morgan fingerprint density at radius 3 is 2.36 bits per heavy atom. The summed E-state index contributed by atoms with van der Waals surface area (Å²) < 4.78 is 21.9. The Labute approximate surface area is 83.0 Å². The first-order valence-corrected chi connectivity index (χ1v) is 6.34. The molecule has 0 aliphatic carbocycles. The van der Waals surface area contributed by atoms with Crippen molar-refractivity contribution in [2.24, 2.45) is 0 Å². The van der Waals surface area contributed by atoms with Crippen molar-refractivity contribution in [3.05, 3.63) is 0 Å². The molecule has 1 amide bonds. The van der Waals surface area contributed by atoms with Crippen LogP contribution in [0.4, 0.5) is 0 Å². The molecule has 1 aliphatic rings. The van der Waals surface area contributed by atoms with Crippen LogP contribution in [0.25, 0.3) is 0 Å². The topological polar surface area (TPSA) is 71.5 Å². The predicted molar refractivity (Wildman–Crippen MR) is 50.5 cm³/mol. The zero-order valence-corrected chi connectivity index (χ0v) is 9.00. The average Bonchev–Trinajstić information content (AvgIpc) is 2.26. The quantitative estimate of drug-likeness (QED) is 0.584. The summed E-state index contributed by atoms with van der Waals surface area (Å²) in [5.74, 6) is -0.507. The number of carbonyl (C=O) groups excluding carboxylic acids is 2. The molecular weight excluding hydrogens is 206 g/mol. The van der Waals surface area contributed by atoms with Crippen LogP contribution in [0.2, 0.25) is 0 Å². The number of likely N-dealkylation sites (tertiary alicyclic amines) is 1. The maximum Gasteiger partial charge on any atom is 0.230 e. The van der Waals surface area contributed by atoms with Gasteiger partial charge in [0.1, 0.15) is 9.84 Å². The number of hydrogen-bond acceptors (Lipinski definition) is 4. The number of hydrogen-bond donors (Lipinski definition) is 0. The standard InChI is InChI=1S/C8H13NO4S/c1-6(5-14(2,12)13)9-4-7(10)3-8(9)11/h6H,3-5H2,1-2H3. The largest absolute Gasteiger partial charge is 0.331 e. The average molecular weight is 219 g/mol. The number of Topliss-reactive ketones (excluding diaryl/α,β-unsaturated/α-hetero) is 1. The predicted octanol–water partition coefficient (Wildman–Crippen LogP) is -0.779. The summed E-state index contributed by atoms with van der Waals surface area (Å²) in [6.45, 7) is 1.69. The fourth-order valence-electron chi connectivity index (χ4n) is 1.53. The third-order valence-electron chi connectivity index (χ3n) is 2.09. The summed E-state index contributed by atoms with van der Waals surface area (Å²) in [5.41, 5.74) is 0. The van der Waals surface area contributed by atoms with Crippen LogP contribution in [-0.2, 0) is 19.4 Å². The van der Waals surface area contributed by atoms with E-state index in [1.165, 1.54) is 4.90 Å². The van der Waals surface area contributed by atoms with Gasteiger partial charge in [0, 0.05) is 12.3 Å². The summed E-state index contributed by atoms with van der Waals surface area (Å²) in [5, 5.41) is 0. The molecule has 1 saturated heterocycles.